The van der Waals surface area contributed by atoms with Crippen molar-refractivity contribution in [2.24, 2.45) is 0 Å². The van der Waals surface area contributed by atoms with E-state index in [-0.39, 0.29) is 0 Å². The van der Waals surface area contributed by atoms with Crippen LogP contribution in [0, 0.1) is 13.8 Å². The molecule has 1 aromatic rings. The lowest BCUT2D eigenvalue weighted by Crippen LogP contribution is -1.88. The first-order chi connectivity index (χ1) is 7.65. The predicted octanol–water partition coefficient (Wildman–Crippen LogP) is 5.70. The second-order valence-electron chi connectivity index (χ2n) is 3.89. The Labute approximate surface area is 103 Å². The molecular weight excluding hydrogens is 192 g/mol. The highest BCUT2D eigenvalue weighted by Crippen LogP contribution is 2.11. The van der Waals surface area contributed by atoms with Crippen LogP contribution in [-0.2, 0) is 6.42 Å². The second-order valence-corrected chi connectivity index (χ2v) is 3.89. The van der Waals surface area contributed by atoms with Gasteiger partial charge in [-0.25, -0.2) is 0 Å². The molecule has 0 saturated heterocycles. The van der Waals surface area contributed by atoms with Crippen molar-refractivity contribution in [1.82, 2.24) is 0 Å². The van der Waals surface area contributed by atoms with Gasteiger partial charge in [0, 0.05) is 0 Å². The fraction of sp³-hybridized carbons (Fsp3) is 0.625. The van der Waals surface area contributed by atoms with Gasteiger partial charge in [0.1, 0.15) is 0 Å². The largest absolute Gasteiger partial charge is 0.0683 e. The molecule has 0 aromatic heterocycles. The van der Waals surface area contributed by atoms with Gasteiger partial charge in [-0.1, -0.05) is 71.2 Å². The molecule has 0 amide bonds. The fourth-order valence-corrected chi connectivity index (χ4v) is 1.40. The van der Waals surface area contributed by atoms with E-state index in [1.165, 1.54) is 36.0 Å². The van der Waals surface area contributed by atoms with Gasteiger partial charge >= 0.3 is 0 Å². The Morgan fingerprint density at radius 1 is 0.938 bits per heavy atom. The number of aryl methyl sites for hydroxylation is 3. The number of benzene rings is 1. The molecule has 0 fully saturated rings. The van der Waals surface area contributed by atoms with Crippen molar-refractivity contribution >= 4 is 0 Å². The van der Waals surface area contributed by atoms with E-state index in [1.807, 2.05) is 13.8 Å². The van der Waals surface area contributed by atoms with Gasteiger partial charge in [0.2, 0.25) is 0 Å². The van der Waals surface area contributed by atoms with Gasteiger partial charge in [0.05, 0.1) is 0 Å². The molecule has 94 valence electrons. The summed E-state index contributed by atoms with van der Waals surface area (Å²) in [5, 5.41) is 0. The van der Waals surface area contributed by atoms with Crippen LogP contribution in [-0.4, -0.2) is 0 Å². The van der Waals surface area contributed by atoms with Crippen LogP contribution in [0.2, 0.25) is 0 Å². The lowest BCUT2D eigenvalue weighted by atomic mass is 10.0. The van der Waals surface area contributed by atoms with E-state index >= 15 is 0 Å². The fourth-order valence-electron chi connectivity index (χ4n) is 1.40. The predicted molar refractivity (Wildman–Crippen MR) is 77.2 cm³/mol. The zero-order chi connectivity index (χ0) is 13.0. The first-order valence-electron chi connectivity index (χ1n) is 6.71. The topological polar surface area (TPSA) is 0 Å². The van der Waals surface area contributed by atoms with Gasteiger partial charge in [0.25, 0.3) is 0 Å². The summed E-state index contributed by atoms with van der Waals surface area (Å²) in [7, 11) is 0. The Kier molecular flexibility index (Phi) is 13.5. The van der Waals surface area contributed by atoms with Crippen molar-refractivity contribution < 1.29 is 0 Å². The van der Waals surface area contributed by atoms with Gasteiger partial charge < -0.3 is 0 Å². The van der Waals surface area contributed by atoms with Crippen molar-refractivity contribution in [1.29, 1.82) is 0 Å². The first-order valence-corrected chi connectivity index (χ1v) is 6.71. The Bertz CT molecular complexity index is 248. The summed E-state index contributed by atoms with van der Waals surface area (Å²) in [5.41, 5.74) is 4.30. The molecule has 0 N–H and O–H groups in total. The quantitative estimate of drug-likeness (QED) is 0.602. The van der Waals surface area contributed by atoms with Crippen molar-refractivity contribution in [3.63, 3.8) is 0 Å². The highest BCUT2D eigenvalue weighted by atomic mass is 14.0. The molecule has 0 nitrogen and oxygen atoms in total. The van der Waals surface area contributed by atoms with E-state index in [2.05, 4.69) is 52.8 Å². The summed E-state index contributed by atoms with van der Waals surface area (Å²) >= 11 is 0. The van der Waals surface area contributed by atoms with Crippen LogP contribution in [0.1, 0.15) is 64.2 Å². The van der Waals surface area contributed by atoms with E-state index in [1.54, 1.807) is 0 Å². The third-order valence-corrected chi connectivity index (χ3v) is 2.02. The molecule has 0 heterocycles. The lowest BCUT2D eigenvalue weighted by molar-refractivity contribution is 0.912. The van der Waals surface area contributed by atoms with Crippen LogP contribution in [0.15, 0.2) is 18.2 Å². The van der Waals surface area contributed by atoms with Gasteiger partial charge in [-0.3, -0.25) is 0 Å². The van der Waals surface area contributed by atoms with Gasteiger partial charge in [0.15, 0.2) is 0 Å². The number of hydrogen-bond donors (Lipinski definition) is 0. The maximum atomic E-state index is 2.25. The summed E-state index contributed by atoms with van der Waals surface area (Å²) in [6, 6.07) is 6.69. The molecule has 0 unspecified atom stereocenters. The van der Waals surface area contributed by atoms with Crippen molar-refractivity contribution in [3.8, 4) is 0 Å². The van der Waals surface area contributed by atoms with E-state index in [4.69, 9.17) is 0 Å². The monoisotopic (exact) mass is 222 g/mol. The number of rotatable bonds is 2. The van der Waals surface area contributed by atoms with Crippen molar-refractivity contribution in [2.75, 3.05) is 0 Å². The van der Waals surface area contributed by atoms with E-state index in [0.29, 0.717) is 0 Å². The van der Waals surface area contributed by atoms with Gasteiger partial charge in [-0.2, -0.15) is 0 Å². The Balaban J connectivity index is 0. The lowest BCUT2D eigenvalue weighted by Gasteiger charge is -2.04. The minimum atomic E-state index is 1.21. The average Bonchev–Trinajstić information content (AvgIpc) is 2.26. The van der Waals surface area contributed by atoms with Crippen molar-refractivity contribution in [2.45, 2.75) is 67.7 Å². The third kappa shape index (κ3) is 8.52. The molecule has 1 rings (SSSR count). The zero-order valence-corrected chi connectivity index (χ0v) is 12.4. The van der Waals surface area contributed by atoms with Crippen LogP contribution >= 0.6 is 0 Å². The molecule has 0 aliphatic rings. The molecule has 16 heavy (non-hydrogen) atoms. The molecule has 0 heteroatoms. The first kappa shape index (κ1) is 17.6. The van der Waals surface area contributed by atoms with Gasteiger partial charge in [-0.05, 0) is 31.4 Å². The van der Waals surface area contributed by atoms with E-state index in [9.17, 15) is 0 Å². The van der Waals surface area contributed by atoms with Crippen molar-refractivity contribution in [3.05, 3.63) is 34.9 Å². The summed E-state index contributed by atoms with van der Waals surface area (Å²) in [4.78, 5) is 0. The molecule has 0 aliphatic carbocycles. The molecular formula is C16H30. The molecule has 0 saturated carbocycles. The second kappa shape index (κ2) is 12.3. The average molecular weight is 222 g/mol. The minimum Gasteiger partial charge on any atom is -0.0683 e. The maximum Gasteiger partial charge on any atom is -0.0279 e. The van der Waals surface area contributed by atoms with E-state index < -0.39 is 0 Å². The summed E-state index contributed by atoms with van der Waals surface area (Å²) < 4.78 is 0. The highest BCUT2D eigenvalue weighted by Gasteiger charge is 1.95. The molecule has 0 aliphatic heterocycles. The smallest absolute Gasteiger partial charge is 0.0279 e. The van der Waals surface area contributed by atoms with Crippen LogP contribution in [0.5, 0.6) is 0 Å². The molecule has 1 aromatic carbocycles. The molecule has 0 spiro atoms. The molecule has 0 radical (unpaired) electrons. The highest BCUT2D eigenvalue weighted by molar-refractivity contribution is 5.30. The number of hydrogen-bond acceptors (Lipinski definition) is 0. The van der Waals surface area contributed by atoms with Crippen LogP contribution in [0.3, 0.4) is 0 Å². The molecule has 0 bridgehead atoms. The van der Waals surface area contributed by atoms with Crippen LogP contribution < -0.4 is 0 Å². The van der Waals surface area contributed by atoms with Crippen LogP contribution in [0.4, 0.5) is 0 Å². The third-order valence-electron chi connectivity index (χ3n) is 2.02. The SMILES string of the molecule is CC.CCC.CCCc1ccc(C)cc1C. The van der Waals surface area contributed by atoms with Crippen LogP contribution in [0.25, 0.3) is 0 Å². The maximum absolute atomic E-state index is 2.25. The molecule has 0 atom stereocenters. The Morgan fingerprint density at radius 3 is 1.81 bits per heavy atom. The summed E-state index contributed by atoms with van der Waals surface area (Å²) in [6.07, 6.45) is 3.70. The zero-order valence-electron chi connectivity index (χ0n) is 12.4. The Hall–Kier alpha value is -0.780. The van der Waals surface area contributed by atoms with Gasteiger partial charge in [-0.15, -0.1) is 0 Å². The normalized spacial score (nSPS) is 8.44. The summed E-state index contributed by atoms with van der Waals surface area (Å²) in [6.45, 7) is 14.8. The summed E-state index contributed by atoms with van der Waals surface area (Å²) in [5.74, 6) is 0. The Morgan fingerprint density at radius 2 is 1.44 bits per heavy atom. The standard InChI is InChI=1S/C11H16.C3H8.C2H6/c1-4-5-11-7-6-9(2)8-10(11)3;1-3-2;1-2/h6-8H,4-5H2,1-3H3;3H2,1-2H3;1-2H3. The minimum absolute atomic E-state index is 1.21. The van der Waals surface area contributed by atoms with E-state index in [0.717, 1.165) is 0 Å².